The third-order valence-corrected chi connectivity index (χ3v) is 2.02. The van der Waals surface area contributed by atoms with E-state index < -0.39 is 17.6 Å². The lowest BCUT2D eigenvalue weighted by Crippen LogP contribution is -2.07. The Morgan fingerprint density at radius 2 is 1.93 bits per heavy atom. The Bertz CT molecular complexity index is 398. The molecule has 1 aromatic carbocycles. The van der Waals surface area contributed by atoms with Gasteiger partial charge in [0.25, 0.3) is 0 Å². The number of halogens is 4. The van der Waals surface area contributed by atoms with Crippen molar-refractivity contribution in [1.29, 1.82) is 0 Å². The van der Waals surface area contributed by atoms with Gasteiger partial charge in [0, 0.05) is 11.3 Å². The molecule has 0 heterocycles. The van der Waals surface area contributed by atoms with E-state index in [9.17, 15) is 17.6 Å². The van der Waals surface area contributed by atoms with Crippen LogP contribution in [-0.2, 0) is 6.18 Å². The fourth-order valence-corrected chi connectivity index (χ4v) is 1.13. The fraction of sp³-hybridized carbons (Fsp3) is 0.111. The van der Waals surface area contributed by atoms with Crippen molar-refractivity contribution in [3.8, 4) is 0 Å². The summed E-state index contributed by atoms with van der Waals surface area (Å²) in [6, 6.07) is 2.14. The van der Waals surface area contributed by atoms with Gasteiger partial charge in [0.05, 0.1) is 5.56 Å². The molecule has 1 aromatic rings. The summed E-state index contributed by atoms with van der Waals surface area (Å²) in [7, 11) is 0. The van der Waals surface area contributed by atoms with Crippen LogP contribution in [-0.4, -0.2) is 0 Å². The van der Waals surface area contributed by atoms with Crippen LogP contribution in [0.1, 0.15) is 11.1 Å². The van der Waals surface area contributed by atoms with Gasteiger partial charge >= 0.3 is 6.18 Å². The molecule has 6 heteroatoms. The number of rotatable bonds is 1. The summed E-state index contributed by atoms with van der Waals surface area (Å²) in [4.78, 5) is 0. The molecule has 0 aliphatic heterocycles. The zero-order valence-electron chi connectivity index (χ0n) is 7.35. The molecule has 2 N–H and O–H groups in total. The van der Waals surface area contributed by atoms with E-state index in [0.29, 0.717) is 6.07 Å². The first kappa shape index (κ1) is 11.9. The summed E-state index contributed by atoms with van der Waals surface area (Å²) >= 11 is 3.68. The van der Waals surface area contributed by atoms with Crippen molar-refractivity contribution in [2.45, 2.75) is 6.18 Å². The Morgan fingerprint density at radius 3 is 2.33 bits per heavy atom. The zero-order chi connectivity index (χ0) is 11.6. The molecule has 0 aromatic heterocycles. The van der Waals surface area contributed by atoms with Crippen molar-refractivity contribution in [3.05, 3.63) is 40.6 Å². The smallest absolute Gasteiger partial charge is 0.398 e. The maximum absolute atomic E-state index is 13.2. The SMILES string of the molecule is N/C(=C\S)c1ccc(C(F)(F)F)cc1F. The van der Waals surface area contributed by atoms with Crippen LogP contribution in [0.4, 0.5) is 17.6 Å². The van der Waals surface area contributed by atoms with Crippen LogP contribution in [0.5, 0.6) is 0 Å². The van der Waals surface area contributed by atoms with Gasteiger partial charge in [0.2, 0.25) is 0 Å². The van der Waals surface area contributed by atoms with Crippen LogP contribution in [0.15, 0.2) is 23.6 Å². The highest BCUT2D eigenvalue weighted by molar-refractivity contribution is 7.83. The van der Waals surface area contributed by atoms with E-state index in [4.69, 9.17) is 5.73 Å². The van der Waals surface area contributed by atoms with Gasteiger partial charge in [-0.05, 0) is 23.6 Å². The summed E-state index contributed by atoms with van der Waals surface area (Å²) in [6.07, 6.45) is -4.56. The predicted molar refractivity (Wildman–Crippen MR) is 52.6 cm³/mol. The quantitative estimate of drug-likeness (QED) is 0.570. The second-order valence-corrected chi connectivity index (χ2v) is 3.04. The molecule has 0 aliphatic rings. The van der Waals surface area contributed by atoms with Crippen molar-refractivity contribution >= 4 is 18.3 Å². The Labute approximate surface area is 89.0 Å². The van der Waals surface area contributed by atoms with Crippen LogP contribution in [0.3, 0.4) is 0 Å². The summed E-state index contributed by atoms with van der Waals surface area (Å²) in [5.74, 6) is -1.02. The monoisotopic (exact) mass is 237 g/mol. The minimum atomic E-state index is -4.56. The van der Waals surface area contributed by atoms with Gasteiger partial charge in [-0.3, -0.25) is 0 Å². The number of alkyl halides is 3. The Hall–Kier alpha value is -1.17. The molecule has 0 unspecified atom stereocenters. The predicted octanol–water partition coefficient (Wildman–Crippen LogP) is 3.03. The van der Waals surface area contributed by atoms with Gasteiger partial charge in [0.1, 0.15) is 5.82 Å². The lowest BCUT2D eigenvalue weighted by atomic mass is 10.1. The first-order valence-electron chi connectivity index (χ1n) is 3.83. The van der Waals surface area contributed by atoms with Crippen LogP contribution in [0.2, 0.25) is 0 Å². The molecule has 0 atom stereocenters. The standard InChI is InChI=1S/C9H7F4NS/c10-7-3-5(9(11,12)13)1-2-6(7)8(14)4-15/h1-4,15H,14H2/b8-4-. The van der Waals surface area contributed by atoms with Crippen LogP contribution >= 0.6 is 12.6 Å². The molecular formula is C9H7F4NS. The summed E-state index contributed by atoms with van der Waals surface area (Å²) in [6.45, 7) is 0. The molecule has 0 aliphatic carbocycles. The molecule has 0 saturated carbocycles. The molecule has 0 saturated heterocycles. The lowest BCUT2D eigenvalue weighted by molar-refractivity contribution is -0.137. The Kier molecular flexibility index (Phi) is 3.28. The van der Waals surface area contributed by atoms with E-state index in [-0.39, 0.29) is 11.3 Å². The molecular weight excluding hydrogens is 230 g/mol. The van der Waals surface area contributed by atoms with E-state index in [1.807, 2.05) is 0 Å². The van der Waals surface area contributed by atoms with Crippen molar-refractivity contribution in [2.75, 3.05) is 0 Å². The molecule has 1 rings (SSSR count). The lowest BCUT2D eigenvalue weighted by Gasteiger charge is -2.08. The Morgan fingerprint density at radius 1 is 1.33 bits per heavy atom. The molecule has 82 valence electrons. The third kappa shape index (κ3) is 2.65. The van der Waals surface area contributed by atoms with Gasteiger partial charge in [-0.15, -0.1) is 12.6 Å². The number of nitrogens with two attached hydrogens (primary N) is 1. The topological polar surface area (TPSA) is 26.0 Å². The van der Waals surface area contributed by atoms with E-state index in [2.05, 4.69) is 12.6 Å². The molecule has 15 heavy (non-hydrogen) atoms. The van der Waals surface area contributed by atoms with Crippen molar-refractivity contribution in [2.24, 2.45) is 5.73 Å². The van der Waals surface area contributed by atoms with E-state index in [1.165, 1.54) is 0 Å². The van der Waals surface area contributed by atoms with Crippen molar-refractivity contribution in [1.82, 2.24) is 0 Å². The maximum atomic E-state index is 13.2. The van der Waals surface area contributed by atoms with Gasteiger partial charge < -0.3 is 5.73 Å². The van der Waals surface area contributed by atoms with E-state index in [0.717, 1.165) is 17.5 Å². The molecule has 0 spiro atoms. The zero-order valence-corrected chi connectivity index (χ0v) is 8.24. The normalized spacial score (nSPS) is 13.0. The third-order valence-electron chi connectivity index (χ3n) is 1.75. The van der Waals surface area contributed by atoms with Gasteiger partial charge in [-0.25, -0.2) is 4.39 Å². The highest BCUT2D eigenvalue weighted by atomic mass is 32.1. The molecule has 0 bridgehead atoms. The van der Waals surface area contributed by atoms with E-state index >= 15 is 0 Å². The van der Waals surface area contributed by atoms with Gasteiger partial charge in [-0.2, -0.15) is 13.2 Å². The number of benzene rings is 1. The largest absolute Gasteiger partial charge is 0.416 e. The molecule has 0 radical (unpaired) electrons. The van der Waals surface area contributed by atoms with Crippen LogP contribution < -0.4 is 5.73 Å². The maximum Gasteiger partial charge on any atom is 0.416 e. The highest BCUT2D eigenvalue weighted by Gasteiger charge is 2.31. The van der Waals surface area contributed by atoms with Crippen molar-refractivity contribution in [3.63, 3.8) is 0 Å². The van der Waals surface area contributed by atoms with Crippen LogP contribution in [0, 0.1) is 5.82 Å². The fourth-order valence-electron chi connectivity index (χ4n) is 0.995. The Balaban J connectivity index is 3.21. The summed E-state index contributed by atoms with van der Waals surface area (Å²) in [5, 5.41) is 1.12. The summed E-state index contributed by atoms with van der Waals surface area (Å²) < 4.78 is 49.6. The molecule has 1 nitrogen and oxygen atoms in total. The van der Waals surface area contributed by atoms with Gasteiger partial charge in [0.15, 0.2) is 0 Å². The molecule has 0 fully saturated rings. The number of hydrogen-bond donors (Lipinski definition) is 2. The second kappa shape index (κ2) is 4.14. The minimum Gasteiger partial charge on any atom is -0.398 e. The number of hydrogen-bond acceptors (Lipinski definition) is 2. The van der Waals surface area contributed by atoms with E-state index in [1.54, 1.807) is 0 Å². The second-order valence-electron chi connectivity index (χ2n) is 2.78. The average molecular weight is 237 g/mol. The minimum absolute atomic E-state index is 0.0236. The van der Waals surface area contributed by atoms with Crippen LogP contribution in [0.25, 0.3) is 5.70 Å². The van der Waals surface area contributed by atoms with Crippen molar-refractivity contribution < 1.29 is 17.6 Å². The summed E-state index contributed by atoms with van der Waals surface area (Å²) in [5.41, 5.74) is 4.15. The average Bonchev–Trinajstić information content (AvgIpc) is 2.15. The highest BCUT2D eigenvalue weighted by Crippen LogP contribution is 2.30. The first-order chi connectivity index (χ1) is 6.86. The number of thiol groups is 1. The van der Waals surface area contributed by atoms with Gasteiger partial charge in [-0.1, -0.05) is 0 Å². The first-order valence-corrected chi connectivity index (χ1v) is 4.35. The molecule has 0 amide bonds.